The maximum absolute atomic E-state index is 5.81. The fourth-order valence-electron chi connectivity index (χ4n) is 1.70. The first-order valence-electron chi connectivity index (χ1n) is 5.20. The SMILES string of the molecule is ClCc1ccnc(-n2nnc3ccccc32)c1. The summed E-state index contributed by atoms with van der Waals surface area (Å²) in [5.74, 6) is 1.19. The summed E-state index contributed by atoms with van der Waals surface area (Å²) >= 11 is 5.81. The quantitative estimate of drug-likeness (QED) is 0.651. The third-order valence-electron chi connectivity index (χ3n) is 2.53. The Hall–Kier alpha value is -1.94. The molecule has 2 aromatic heterocycles. The van der Waals surface area contributed by atoms with Crippen LogP contribution in [0.25, 0.3) is 16.9 Å². The van der Waals surface area contributed by atoms with Crippen LogP contribution in [0.4, 0.5) is 0 Å². The molecule has 17 heavy (non-hydrogen) atoms. The molecule has 5 heteroatoms. The van der Waals surface area contributed by atoms with Crippen molar-refractivity contribution < 1.29 is 0 Å². The predicted molar refractivity (Wildman–Crippen MR) is 66.2 cm³/mol. The van der Waals surface area contributed by atoms with Crippen LogP contribution in [0.15, 0.2) is 42.6 Å². The Balaban J connectivity index is 2.20. The molecule has 0 N–H and O–H groups in total. The van der Waals surface area contributed by atoms with Gasteiger partial charge >= 0.3 is 0 Å². The first-order chi connectivity index (χ1) is 8.38. The summed E-state index contributed by atoms with van der Waals surface area (Å²) in [5.41, 5.74) is 2.80. The molecule has 0 spiro atoms. The van der Waals surface area contributed by atoms with E-state index in [1.807, 2.05) is 36.4 Å². The number of hydrogen-bond donors (Lipinski definition) is 0. The minimum Gasteiger partial charge on any atom is -0.237 e. The molecular weight excluding hydrogens is 236 g/mol. The molecule has 0 aliphatic heterocycles. The number of para-hydroxylation sites is 1. The molecule has 0 fully saturated rings. The van der Waals surface area contributed by atoms with Gasteiger partial charge in [0.05, 0.1) is 5.52 Å². The number of pyridine rings is 1. The second kappa shape index (κ2) is 4.14. The first-order valence-corrected chi connectivity index (χ1v) is 5.73. The van der Waals surface area contributed by atoms with Crippen LogP contribution in [-0.4, -0.2) is 20.0 Å². The largest absolute Gasteiger partial charge is 0.237 e. The van der Waals surface area contributed by atoms with E-state index >= 15 is 0 Å². The van der Waals surface area contributed by atoms with Crippen molar-refractivity contribution in [2.45, 2.75) is 5.88 Å². The lowest BCUT2D eigenvalue weighted by molar-refractivity contribution is 0.800. The topological polar surface area (TPSA) is 43.6 Å². The molecular formula is C12H9ClN4. The Kier molecular flexibility index (Phi) is 2.49. The van der Waals surface area contributed by atoms with Gasteiger partial charge in [-0.25, -0.2) is 4.98 Å². The molecule has 0 aliphatic rings. The third-order valence-corrected chi connectivity index (χ3v) is 2.84. The van der Waals surface area contributed by atoms with Crippen LogP contribution < -0.4 is 0 Å². The van der Waals surface area contributed by atoms with Gasteiger partial charge in [0.1, 0.15) is 5.52 Å². The minimum absolute atomic E-state index is 0.460. The van der Waals surface area contributed by atoms with Gasteiger partial charge in [0.2, 0.25) is 0 Å². The lowest BCUT2D eigenvalue weighted by atomic mass is 10.3. The molecule has 4 nitrogen and oxygen atoms in total. The summed E-state index contributed by atoms with van der Waals surface area (Å²) in [6.07, 6.45) is 1.73. The van der Waals surface area contributed by atoms with E-state index in [0.29, 0.717) is 5.88 Å². The lowest BCUT2D eigenvalue weighted by Crippen LogP contribution is -2.00. The van der Waals surface area contributed by atoms with Gasteiger partial charge in [-0.15, -0.1) is 16.7 Å². The highest BCUT2D eigenvalue weighted by molar-refractivity contribution is 6.17. The Morgan fingerprint density at radius 3 is 2.94 bits per heavy atom. The average Bonchev–Trinajstić information content (AvgIpc) is 2.82. The van der Waals surface area contributed by atoms with Crippen LogP contribution >= 0.6 is 11.6 Å². The second-order valence-corrected chi connectivity index (χ2v) is 3.91. The van der Waals surface area contributed by atoms with E-state index in [0.717, 1.165) is 22.4 Å². The van der Waals surface area contributed by atoms with Crippen molar-refractivity contribution in [3.8, 4) is 5.82 Å². The highest BCUT2D eigenvalue weighted by Crippen LogP contribution is 2.15. The van der Waals surface area contributed by atoms with E-state index in [2.05, 4.69) is 15.3 Å². The van der Waals surface area contributed by atoms with E-state index in [1.165, 1.54) is 0 Å². The van der Waals surface area contributed by atoms with E-state index in [9.17, 15) is 0 Å². The molecule has 2 heterocycles. The van der Waals surface area contributed by atoms with Gasteiger partial charge in [-0.05, 0) is 29.8 Å². The van der Waals surface area contributed by atoms with Crippen molar-refractivity contribution in [1.82, 2.24) is 20.0 Å². The maximum atomic E-state index is 5.81. The summed E-state index contributed by atoms with van der Waals surface area (Å²) < 4.78 is 1.71. The van der Waals surface area contributed by atoms with Crippen LogP contribution in [-0.2, 0) is 5.88 Å². The molecule has 0 bridgehead atoms. The number of nitrogens with zero attached hydrogens (tertiary/aromatic N) is 4. The molecule has 0 radical (unpaired) electrons. The molecule has 3 aromatic rings. The molecule has 0 saturated heterocycles. The van der Waals surface area contributed by atoms with Gasteiger partial charge < -0.3 is 0 Å². The summed E-state index contributed by atoms with van der Waals surface area (Å²) in [4.78, 5) is 4.28. The zero-order chi connectivity index (χ0) is 11.7. The summed E-state index contributed by atoms with van der Waals surface area (Å²) in [5, 5.41) is 8.19. The maximum Gasteiger partial charge on any atom is 0.156 e. The Labute approximate surface area is 103 Å². The highest BCUT2D eigenvalue weighted by atomic mass is 35.5. The van der Waals surface area contributed by atoms with Crippen molar-refractivity contribution in [3.63, 3.8) is 0 Å². The smallest absolute Gasteiger partial charge is 0.156 e. The monoisotopic (exact) mass is 244 g/mol. The number of benzene rings is 1. The Morgan fingerprint density at radius 1 is 1.18 bits per heavy atom. The van der Waals surface area contributed by atoms with Crippen molar-refractivity contribution >= 4 is 22.6 Å². The average molecular weight is 245 g/mol. The van der Waals surface area contributed by atoms with Gasteiger partial charge in [0.15, 0.2) is 5.82 Å². The zero-order valence-electron chi connectivity index (χ0n) is 8.92. The van der Waals surface area contributed by atoms with Crippen molar-refractivity contribution in [1.29, 1.82) is 0 Å². The van der Waals surface area contributed by atoms with E-state index in [-0.39, 0.29) is 0 Å². The standard InChI is InChI=1S/C12H9ClN4/c13-8-9-5-6-14-12(7-9)17-11-4-2-1-3-10(11)15-16-17/h1-7H,8H2. The van der Waals surface area contributed by atoms with Gasteiger partial charge in [-0.3, -0.25) is 0 Å². The minimum atomic E-state index is 0.460. The van der Waals surface area contributed by atoms with Crippen LogP contribution in [0.5, 0.6) is 0 Å². The Bertz CT molecular complexity index is 662. The second-order valence-electron chi connectivity index (χ2n) is 3.65. The number of hydrogen-bond acceptors (Lipinski definition) is 3. The third kappa shape index (κ3) is 1.76. The first kappa shape index (κ1) is 10.2. The number of fused-ring (bicyclic) bond motifs is 1. The number of alkyl halides is 1. The van der Waals surface area contributed by atoms with Crippen LogP contribution in [0, 0.1) is 0 Å². The molecule has 0 atom stereocenters. The van der Waals surface area contributed by atoms with Gasteiger partial charge in [0, 0.05) is 12.1 Å². The number of rotatable bonds is 2. The molecule has 84 valence electrons. The van der Waals surface area contributed by atoms with Crippen LogP contribution in [0.3, 0.4) is 0 Å². The molecule has 3 rings (SSSR count). The van der Waals surface area contributed by atoms with Crippen LogP contribution in [0.2, 0.25) is 0 Å². The van der Waals surface area contributed by atoms with E-state index < -0.39 is 0 Å². The molecule has 1 aromatic carbocycles. The molecule has 0 saturated carbocycles. The summed E-state index contributed by atoms with van der Waals surface area (Å²) in [6, 6.07) is 11.6. The number of halogens is 1. The molecule has 0 unspecified atom stereocenters. The van der Waals surface area contributed by atoms with Crippen molar-refractivity contribution in [2.24, 2.45) is 0 Å². The lowest BCUT2D eigenvalue weighted by Gasteiger charge is -2.02. The molecule has 0 amide bonds. The van der Waals surface area contributed by atoms with E-state index in [1.54, 1.807) is 10.9 Å². The number of aromatic nitrogens is 4. The normalized spacial score (nSPS) is 10.9. The predicted octanol–water partition coefficient (Wildman–Crippen LogP) is 2.55. The molecule has 0 aliphatic carbocycles. The van der Waals surface area contributed by atoms with Crippen molar-refractivity contribution in [2.75, 3.05) is 0 Å². The van der Waals surface area contributed by atoms with Crippen molar-refractivity contribution in [3.05, 3.63) is 48.2 Å². The van der Waals surface area contributed by atoms with Gasteiger partial charge in [-0.2, -0.15) is 4.68 Å². The fraction of sp³-hybridized carbons (Fsp3) is 0.0833. The van der Waals surface area contributed by atoms with Gasteiger partial charge in [-0.1, -0.05) is 17.3 Å². The fourth-order valence-corrected chi connectivity index (χ4v) is 1.86. The van der Waals surface area contributed by atoms with Crippen LogP contribution in [0.1, 0.15) is 5.56 Å². The van der Waals surface area contributed by atoms with Gasteiger partial charge in [0.25, 0.3) is 0 Å². The van der Waals surface area contributed by atoms with E-state index in [4.69, 9.17) is 11.6 Å². The summed E-state index contributed by atoms with van der Waals surface area (Å²) in [6.45, 7) is 0. The highest BCUT2D eigenvalue weighted by Gasteiger charge is 2.06. The zero-order valence-corrected chi connectivity index (χ0v) is 9.67. The Morgan fingerprint density at radius 2 is 2.06 bits per heavy atom. The summed E-state index contributed by atoms with van der Waals surface area (Å²) in [7, 11) is 0.